The van der Waals surface area contributed by atoms with Gasteiger partial charge in [0, 0.05) is 10.8 Å². The molecule has 8 aromatic rings. The molecule has 0 atom stereocenters. The predicted octanol–water partition coefficient (Wildman–Crippen LogP) is 11.2. The molecule has 2 nitrogen and oxygen atoms in total. The first kappa shape index (κ1) is 26.3. The zero-order valence-electron chi connectivity index (χ0n) is 24.1. The Morgan fingerprint density at radius 3 is 1.27 bits per heavy atom. The summed E-state index contributed by atoms with van der Waals surface area (Å²) in [4.78, 5) is 0. The van der Waals surface area contributed by atoms with Crippen molar-refractivity contribution in [1.29, 1.82) is 0 Å². The van der Waals surface area contributed by atoms with Crippen LogP contribution < -0.4 is 0 Å². The van der Waals surface area contributed by atoms with Crippen LogP contribution in [0.4, 0.5) is 0 Å². The molecule has 1 aliphatic carbocycles. The van der Waals surface area contributed by atoms with Gasteiger partial charge in [0.1, 0.15) is 11.5 Å². The second-order valence-electron chi connectivity index (χ2n) is 11.6. The summed E-state index contributed by atoms with van der Waals surface area (Å²) < 4.78 is 0. The number of aromatic hydroxyl groups is 2. The van der Waals surface area contributed by atoms with Crippen LogP contribution >= 0.6 is 22.7 Å². The Balaban J connectivity index is 1.56. The van der Waals surface area contributed by atoms with Crippen LogP contribution in [0.5, 0.6) is 11.5 Å². The molecule has 4 heteroatoms. The lowest BCUT2D eigenvalue weighted by atomic mass is 9.65. The van der Waals surface area contributed by atoms with Crippen LogP contribution in [0.15, 0.2) is 143 Å². The molecule has 2 aromatic heterocycles. The number of thiophene rings is 2. The number of rotatable bonds is 4. The highest BCUT2D eigenvalue weighted by Crippen LogP contribution is 2.62. The van der Waals surface area contributed by atoms with E-state index in [-0.39, 0.29) is 11.5 Å². The average Bonchev–Trinajstić information content (AvgIpc) is 3.87. The van der Waals surface area contributed by atoms with Gasteiger partial charge >= 0.3 is 0 Å². The summed E-state index contributed by atoms with van der Waals surface area (Å²) in [6.45, 7) is 0. The van der Waals surface area contributed by atoms with Crippen molar-refractivity contribution in [1.82, 2.24) is 0 Å². The molecule has 0 bridgehead atoms. The lowest BCUT2D eigenvalue weighted by Gasteiger charge is -2.36. The van der Waals surface area contributed by atoms with Crippen molar-refractivity contribution in [2.24, 2.45) is 0 Å². The number of phenolic OH excluding ortho intramolecular Hbond substituents is 2. The largest absolute Gasteiger partial charge is 0.507 e. The summed E-state index contributed by atoms with van der Waals surface area (Å²) in [5, 5.41) is 34.6. The van der Waals surface area contributed by atoms with E-state index in [1.54, 1.807) is 22.7 Å². The molecule has 6 aromatic carbocycles. The summed E-state index contributed by atoms with van der Waals surface area (Å²) in [5.41, 5.74) is 11.1. The highest BCUT2D eigenvalue weighted by Gasteiger charge is 2.49. The second-order valence-corrected chi connectivity index (χ2v) is 13.1. The van der Waals surface area contributed by atoms with Gasteiger partial charge in [-0.05, 0) is 112 Å². The Morgan fingerprint density at radius 2 is 0.844 bits per heavy atom. The minimum atomic E-state index is -0.761. The van der Waals surface area contributed by atoms with Crippen LogP contribution in [0.1, 0.15) is 22.3 Å². The van der Waals surface area contributed by atoms with E-state index in [9.17, 15) is 10.2 Å². The Morgan fingerprint density at radius 1 is 0.400 bits per heavy atom. The Hall–Kier alpha value is -5.16. The van der Waals surface area contributed by atoms with Crippen molar-refractivity contribution >= 4 is 44.2 Å². The fourth-order valence-electron chi connectivity index (χ4n) is 7.68. The van der Waals surface area contributed by atoms with Crippen LogP contribution in [-0.4, -0.2) is 10.2 Å². The van der Waals surface area contributed by atoms with Gasteiger partial charge in [-0.2, -0.15) is 22.7 Å². The van der Waals surface area contributed by atoms with Crippen molar-refractivity contribution in [3.05, 3.63) is 165 Å². The van der Waals surface area contributed by atoms with Crippen molar-refractivity contribution in [3.8, 4) is 44.9 Å². The predicted molar refractivity (Wildman–Crippen MR) is 189 cm³/mol. The third-order valence-electron chi connectivity index (χ3n) is 9.46. The van der Waals surface area contributed by atoms with Crippen LogP contribution in [0.2, 0.25) is 0 Å². The van der Waals surface area contributed by atoms with E-state index >= 15 is 0 Å². The summed E-state index contributed by atoms with van der Waals surface area (Å²) >= 11 is 3.42. The molecule has 0 amide bonds. The third-order valence-corrected chi connectivity index (χ3v) is 10.8. The molecule has 0 spiro atoms. The van der Waals surface area contributed by atoms with Crippen molar-refractivity contribution in [2.75, 3.05) is 0 Å². The third kappa shape index (κ3) is 3.61. The number of phenols is 2. The molecule has 0 aliphatic heterocycles. The average molecular weight is 615 g/mol. The van der Waals surface area contributed by atoms with Gasteiger partial charge in [-0.1, -0.05) is 97.1 Å². The first-order valence-electron chi connectivity index (χ1n) is 14.9. The van der Waals surface area contributed by atoms with Gasteiger partial charge in [-0.15, -0.1) is 0 Å². The normalized spacial score (nSPS) is 13.2. The monoisotopic (exact) mass is 614 g/mol. The molecule has 0 unspecified atom stereocenters. The van der Waals surface area contributed by atoms with Crippen LogP contribution in [-0.2, 0) is 5.41 Å². The van der Waals surface area contributed by atoms with Gasteiger partial charge in [0.2, 0.25) is 0 Å². The lowest BCUT2D eigenvalue weighted by molar-refractivity contribution is 0.481. The quantitative estimate of drug-likeness (QED) is 0.207. The van der Waals surface area contributed by atoms with Crippen molar-refractivity contribution in [3.63, 3.8) is 0 Å². The van der Waals surface area contributed by atoms with Gasteiger partial charge in [0.05, 0.1) is 5.41 Å². The van der Waals surface area contributed by atoms with E-state index in [0.29, 0.717) is 0 Å². The van der Waals surface area contributed by atoms with E-state index in [1.807, 2.05) is 48.5 Å². The van der Waals surface area contributed by atoms with E-state index in [0.717, 1.165) is 32.7 Å². The maximum absolute atomic E-state index is 11.1. The molecule has 214 valence electrons. The zero-order chi connectivity index (χ0) is 30.1. The summed E-state index contributed by atoms with van der Waals surface area (Å²) in [7, 11) is 0. The first-order chi connectivity index (χ1) is 22.2. The van der Waals surface area contributed by atoms with E-state index in [4.69, 9.17) is 0 Å². The summed E-state index contributed by atoms with van der Waals surface area (Å²) in [5.74, 6) is 0.523. The summed E-state index contributed by atoms with van der Waals surface area (Å²) in [6, 6.07) is 42.0. The van der Waals surface area contributed by atoms with Crippen LogP contribution in [0.25, 0.3) is 54.9 Å². The Bertz CT molecular complexity index is 2230. The number of fused-ring (bicyclic) bond motifs is 5. The molecule has 2 heterocycles. The molecule has 0 radical (unpaired) electrons. The molecule has 0 saturated heterocycles. The molecular weight excluding hydrogens is 589 g/mol. The number of hydrogen-bond acceptors (Lipinski definition) is 4. The van der Waals surface area contributed by atoms with Gasteiger partial charge in [0.15, 0.2) is 0 Å². The molecule has 9 rings (SSSR count). The maximum Gasteiger partial charge on any atom is 0.123 e. The maximum atomic E-state index is 11.1. The van der Waals surface area contributed by atoms with E-state index in [2.05, 4.69) is 94.3 Å². The Kier molecular flexibility index (Phi) is 5.79. The van der Waals surface area contributed by atoms with Crippen LogP contribution in [0, 0.1) is 0 Å². The molecule has 1 aliphatic rings. The zero-order valence-corrected chi connectivity index (χ0v) is 25.7. The fraction of sp³-hybridized carbons (Fsp3) is 0.0244. The van der Waals surface area contributed by atoms with Gasteiger partial charge < -0.3 is 10.2 Å². The first-order valence-corrected chi connectivity index (χ1v) is 16.8. The minimum absolute atomic E-state index is 0.262. The fourth-order valence-corrected chi connectivity index (χ4v) is 8.99. The molecule has 0 fully saturated rings. The van der Waals surface area contributed by atoms with Gasteiger partial charge in [-0.3, -0.25) is 0 Å². The second kappa shape index (κ2) is 9.93. The van der Waals surface area contributed by atoms with Crippen LogP contribution in [0.3, 0.4) is 0 Å². The van der Waals surface area contributed by atoms with Crippen molar-refractivity contribution < 1.29 is 10.2 Å². The number of hydrogen-bond donors (Lipinski definition) is 2. The standard InChI is InChI=1S/C41H26O2S2/c42-37-17-15-33(29-7-1-3-9-31(29)37)41(34-16-18-38(43)32-10-4-2-8-30(32)34)35-13-5-11-27(25-19-21-44-23-25)39(35)40-28(12-6-14-36(40)41)26-20-22-45-24-26/h1-24,42-43H. The highest BCUT2D eigenvalue weighted by molar-refractivity contribution is 7.08. The molecule has 0 saturated carbocycles. The summed E-state index contributed by atoms with van der Waals surface area (Å²) in [6.07, 6.45) is 0. The molecule has 45 heavy (non-hydrogen) atoms. The topological polar surface area (TPSA) is 40.5 Å². The highest BCUT2D eigenvalue weighted by atomic mass is 32.1. The molecular formula is C41H26O2S2. The smallest absolute Gasteiger partial charge is 0.123 e. The molecule has 2 N–H and O–H groups in total. The lowest BCUT2D eigenvalue weighted by Crippen LogP contribution is -2.29. The van der Waals surface area contributed by atoms with Crippen molar-refractivity contribution in [2.45, 2.75) is 5.41 Å². The Labute approximate surface area is 268 Å². The SMILES string of the molecule is Oc1ccc(C2(c3ccc(O)c4ccccc34)c3cccc(-c4ccsc4)c3-c3c(-c4ccsc4)cccc32)c2ccccc12. The minimum Gasteiger partial charge on any atom is -0.507 e. The number of benzene rings is 6. The van der Waals surface area contributed by atoms with E-state index < -0.39 is 5.41 Å². The van der Waals surface area contributed by atoms with Gasteiger partial charge in [0.25, 0.3) is 0 Å². The van der Waals surface area contributed by atoms with E-state index in [1.165, 1.54) is 44.5 Å². The van der Waals surface area contributed by atoms with Gasteiger partial charge in [-0.25, -0.2) is 0 Å².